The molecule has 0 rings (SSSR count). The molecule has 0 bridgehead atoms. The average Bonchev–Trinajstić information content (AvgIpc) is 2.76. The minimum atomic E-state index is 1.37. The van der Waals surface area contributed by atoms with Gasteiger partial charge in [-0.25, -0.2) is 0 Å². The summed E-state index contributed by atoms with van der Waals surface area (Å²) in [5.41, 5.74) is 0. The minimum absolute atomic E-state index is 1.37. The Balaban J connectivity index is 0. The summed E-state index contributed by atoms with van der Waals surface area (Å²) in [7, 11) is 0. The molecule has 2 heteroatoms. The predicted molar refractivity (Wildman–Crippen MR) is 143 cm³/mol. The fraction of sp³-hybridized carbons (Fsp3) is 1.00. The summed E-state index contributed by atoms with van der Waals surface area (Å²) in [5, 5.41) is 2.74. The topological polar surface area (TPSA) is 0 Å². The van der Waals surface area contributed by atoms with Gasteiger partial charge in [-0.15, -0.1) is 0 Å². The number of hydrogen-bond acceptors (Lipinski definition) is 0. The van der Waals surface area contributed by atoms with Crippen LogP contribution in [0.5, 0.6) is 0 Å². The zero-order chi connectivity index (χ0) is 22.4. The fourth-order valence-electron chi connectivity index (χ4n) is 4.18. The van der Waals surface area contributed by atoms with Crippen molar-refractivity contribution in [3.05, 3.63) is 0 Å². The molecule has 0 radical (unpaired) electrons. The Morgan fingerprint density at radius 2 is 0.433 bits per heavy atom. The van der Waals surface area contributed by atoms with Crippen molar-refractivity contribution in [1.29, 1.82) is 0 Å². The normalized spacial score (nSPS) is 10.9. The average molecular weight is 409 g/mol. The molecule has 0 saturated carbocycles. The van der Waals surface area contributed by atoms with Gasteiger partial charge in [-0.3, -0.25) is 0 Å². The second kappa shape index (κ2) is 34.8. The van der Waals surface area contributed by atoms with E-state index in [1.165, 1.54) is 164 Å². The Labute approximate surface area is 212 Å². The van der Waals surface area contributed by atoms with Gasteiger partial charge in [0.2, 0.25) is 0 Å². The molecule has 0 aliphatic heterocycles. The second-order valence-electron chi connectivity index (χ2n) is 9.78. The molecule has 0 aromatic rings. The summed E-state index contributed by atoms with van der Waals surface area (Å²) < 4.78 is 0. The molecule has 0 heterocycles. The molecule has 0 spiro atoms. The first-order valence-corrected chi connectivity index (χ1v) is 14.8. The van der Waals surface area contributed by atoms with Crippen LogP contribution in [-0.4, -0.2) is 35.4 Å². The maximum atomic E-state index is 2.30. The third-order valence-electron chi connectivity index (χ3n) is 6.41. The molecule has 0 fully saturated rings. The number of hydrogen-bond donors (Lipinski definition) is 0. The van der Waals surface area contributed by atoms with E-state index in [-0.39, 0.29) is 0 Å². The number of unbranched alkanes of at least 4 members (excludes halogenated alkanes) is 22. The van der Waals surface area contributed by atoms with E-state index in [4.69, 9.17) is 0 Å². The Kier molecular flexibility index (Phi) is 38.7. The van der Waals surface area contributed by atoms with E-state index < -0.39 is 0 Å². The Hall–Kier alpha value is 1.19. The Morgan fingerprint density at radius 3 is 0.600 bits per heavy atom. The van der Waals surface area contributed by atoms with Gasteiger partial charge in [0.1, 0.15) is 0 Å². The monoisotopic (exact) mass is 408 g/mol. The first-order chi connectivity index (χ1) is 14.8. The van der Waals surface area contributed by atoms with Crippen LogP contribution in [-0.2, 0) is 0 Å². The third kappa shape index (κ3) is 36.6. The maximum absolute atomic E-state index is 2.30. The van der Waals surface area contributed by atoms with E-state index in [1.807, 2.05) is 0 Å². The van der Waals surface area contributed by atoms with Crippen molar-refractivity contribution in [2.75, 3.05) is 0 Å². The molecule has 0 atom stereocenters. The molecule has 30 heavy (non-hydrogen) atoms. The predicted octanol–water partition coefficient (Wildman–Crippen LogP) is 10.5. The van der Waals surface area contributed by atoms with Crippen LogP contribution in [0.15, 0.2) is 0 Å². The van der Waals surface area contributed by atoms with Crippen LogP contribution in [0, 0.1) is 0 Å². The minimum Gasteiger partial charge on any atom is -0.0654 e. The first kappa shape index (κ1) is 33.4. The van der Waals surface area contributed by atoms with Gasteiger partial charge in [-0.2, -0.15) is 0 Å². The molecule has 0 amide bonds. The second-order valence-corrected chi connectivity index (χ2v) is 9.78. The fourth-order valence-corrected chi connectivity index (χ4v) is 4.18. The summed E-state index contributed by atoms with van der Waals surface area (Å²) in [5.74, 6) is 0. The Bertz CT molecular complexity index is 231. The van der Waals surface area contributed by atoms with Gasteiger partial charge in [-0.05, 0) is 0 Å². The van der Waals surface area contributed by atoms with E-state index >= 15 is 0 Å². The van der Waals surface area contributed by atoms with Gasteiger partial charge in [0.05, 0.1) is 0 Å². The van der Waals surface area contributed by atoms with Crippen LogP contribution in [0.3, 0.4) is 0 Å². The van der Waals surface area contributed by atoms with Crippen LogP contribution in [0.2, 0.25) is 10.2 Å². The van der Waals surface area contributed by atoms with Gasteiger partial charge >= 0.3 is 175 Å². The van der Waals surface area contributed by atoms with Gasteiger partial charge in [0.25, 0.3) is 0 Å². The van der Waals surface area contributed by atoms with Gasteiger partial charge in [0, 0.05) is 0 Å². The third-order valence-corrected chi connectivity index (χ3v) is 6.41. The van der Waals surface area contributed by atoms with E-state index in [2.05, 4.69) is 49.3 Å². The van der Waals surface area contributed by atoms with Crippen molar-refractivity contribution in [1.82, 2.24) is 0 Å². The molecule has 172 valence electrons. The smallest absolute Gasteiger partial charge is 0.0654 e. The molecule has 0 N–H and O–H groups in total. The van der Waals surface area contributed by atoms with Crippen LogP contribution in [0.25, 0.3) is 0 Å². The summed E-state index contributed by atoms with van der Waals surface area (Å²) in [6.07, 6.45) is 35.1. The molecule has 0 aliphatic rings. The SMILES string of the molecule is [Li][CH2]CCCCCCCCC.[Li][CH2]CCCCCCCCCCCCCCCCC. The van der Waals surface area contributed by atoms with Crippen molar-refractivity contribution < 1.29 is 0 Å². The van der Waals surface area contributed by atoms with Crippen LogP contribution in [0.1, 0.15) is 168 Å². The molecule has 0 aromatic carbocycles. The summed E-state index contributed by atoms with van der Waals surface area (Å²) >= 11 is 4.57. The first-order valence-electron chi connectivity index (χ1n) is 14.8. The molecular formula is C28H58Li2. The van der Waals surface area contributed by atoms with Crippen molar-refractivity contribution in [2.45, 2.75) is 178 Å². The van der Waals surface area contributed by atoms with Gasteiger partial charge in [-0.1, -0.05) is 39.0 Å². The molecular weight excluding hydrogens is 350 g/mol. The van der Waals surface area contributed by atoms with Crippen LogP contribution >= 0.6 is 0 Å². The van der Waals surface area contributed by atoms with Gasteiger partial charge < -0.3 is 0 Å². The van der Waals surface area contributed by atoms with Crippen LogP contribution < -0.4 is 0 Å². The number of rotatable bonds is 24. The van der Waals surface area contributed by atoms with E-state index in [9.17, 15) is 0 Å². The van der Waals surface area contributed by atoms with Crippen molar-refractivity contribution in [2.24, 2.45) is 0 Å². The zero-order valence-corrected chi connectivity index (χ0v) is 22.4. The standard InChI is InChI=1S/C18H37.C10H21.2Li/c1-3-5-7-9-11-13-15-17-18-16-14-12-10-8-6-4-2;1-3-5-7-9-10-8-6-4-2;;/h1,3-18H2,2H3;1,3-10H2,2H3;;. The molecule has 0 aromatic heterocycles. The van der Waals surface area contributed by atoms with E-state index in [0.29, 0.717) is 0 Å². The molecule has 0 aliphatic carbocycles. The Morgan fingerprint density at radius 1 is 0.267 bits per heavy atom. The van der Waals surface area contributed by atoms with Gasteiger partial charge in [0.15, 0.2) is 0 Å². The quantitative estimate of drug-likeness (QED) is 0.110. The van der Waals surface area contributed by atoms with Crippen molar-refractivity contribution >= 4 is 35.4 Å². The van der Waals surface area contributed by atoms with Crippen molar-refractivity contribution in [3.63, 3.8) is 0 Å². The van der Waals surface area contributed by atoms with E-state index in [0.717, 1.165) is 0 Å². The van der Waals surface area contributed by atoms with E-state index in [1.54, 1.807) is 0 Å². The molecule has 0 nitrogen and oxygen atoms in total. The van der Waals surface area contributed by atoms with Crippen molar-refractivity contribution in [3.8, 4) is 0 Å². The summed E-state index contributed by atoms with van der Waals surface area (Å²) in [4.78, 5) is 0. The molecule has 0 saturated heterocycles. The molecule has 0 unspecified atom stereocenters. The van der Waals surface area contributed by atoms with Crippen LogP contribution in [0.4, 0.5) is 0 Å². The summed E-state index contributed by atoms with van der Waals surface area (Å²) in [6, 6.07) is 0. The summed E-state index contributed by atoms with van der Waals surface area (Å²) in [6.45, 7) is 4.57. The zero-order valence-electron chi connectivity index (χ0n) is 22.4.